The van der Waals surface area contributed by atoms with Gasteiger partial charge in [0.05, 0.1) is 10.6 Å². The van der Waals surface area contributed by atoms with Crippen molar-refractivity contribution in [1.82, 2.24) is 10.2 Å². The summed E-state index contributed by atoms with van der Waals surface area (Å²) in [6.45, 7) is -0.540. The molecule has 0 fully saturated rings. The van der Waals surface area contributed by atoms with Crippen molar-refractivity contribution in [3.05, 3.63) is 130 Å². The SMILES string of the molecule is CNC(=O)[C@@H](Cc1ccccc1)N(Cc1ccccc1Cl)C(=O)CN(c1cccc(Br)c1)S(=O)(=O)c1ccccc1. The van der Waals surface area contributed by atoms with Crippen molar-refractivity contribution in [2.75, 3.05) is 17.9 Å². The van der Waals surface area contributed by atoms with Crippen LogP contribution in [0.3, 0.4) is 0 Å². The summed E-state index contributed by atoms with van der Waals surface area (Å²) in [5.74, 6) is -0.942. The van der Waals surface area contributed by atoms with Gasteiger partial charge < -0.3 is 10.2 Å². The first-order chi connectivity index (χ1) is 19.7. The zero-order chi connectivity index (χ0) is 29.4. The van der Waals surface area contributed by atoms with Crippen molar-refractivity contribution in [1.29, 1.82) is 0 Å². The third-order valence-corrected chi connectivity index (χ3v) is 9.17. The largest absolute Gasteiger partial charge is 0.357 e. The highest BCUT2D eigenvalue weighted by Gasteiger charge is 2.34. The second-order valence-electron chi connectivity index (χ2n) is 9.24. The number of nitrogens with zero attached hydrogens (tertiary/aromatic N) is 2. The highest BCUT2D eigenvalue weighted by Crippen LogP contribution is 2.28. The number of anilines is 1. The molecule has 4 aromatic carbocycles. The number of hydrogen-bond acceptors (Lipinski definition) is 4. The molecule has 0 aromatic heterocycles. The highest BCUT2D eigenvalue weighted by molar-refractivity contribution is 9.10. The lowest BCUT2D eigenvalue weighted by Crippen LogP contribution is -2.53. The Labute approximate surface area is 253 Å². The fourth-order valence-corrected chi connectivity index (χ4v) is 6.42. The summed E-state index contributed by atoms with van der Waals surface area (Å²) >= 11 is 9.88. The second-order valence-corrected chi connectivity index (χ2v) is 12.4. The van der Waals surface area contributed by atoms with Gasteiger partial charge in [0.1, 0.15) is 12.6 Å². The Balaban J connectivity index is 1.79. The molecule has 0 saturated heterocycles. The van der Waals surface area contributed by atoms with Gasteiger partial charge in [-0.05, 0) is 47.5 Å². The smallest absolute Gasteiger partial charge is 0.264 e. The van der Waals surface area contributed by atoms with Crippen LogP contribution in [0.25, 0.3) is 0 Å². The third kappa shape index (κ3) is 7.55. The first kappa shape index (κ1) is 30.3. The molecule has 0 heterocycles. The van der Waals surface area contributed by atoms with Crippen molar-refractivity contribution < 1.29 is 18.0 Å². The number of carbonyl (C=O) groups is 2. The minimum atomic E-state index is -4.15. The number of hydrogen-bond donors (Lipinski definition) is 1. The van der Waals surface area contributed by atoms with E-state index in [0.717, 1.165) is 9.87 Å². The van der Waals surface area contributed by atoms with Gasteiger partial charge in [0.2, 0.25) is 11.8 Å². The van der Waals surface area contributed by atoms with E-state index in [1.54, 1.807) is 66.7 Å². The average molecular weight is 655 g/mol. The van der Waals surface area contributed by atoms with E-state index in [0.29, 0.717) is 20.7 Å². The Hall–Kier alpha value is -3.66. The highest BCUT2D eigenvalue weighted by atomic mass is 79.9. The first-order valence-corrected chi connectivity index (χ1v) is 15.4. The number of rotatable bonds is 11. The summed E-state index contributed by atoms with van der Waals surface area (Å²) in [5, 5.41) is 3.10. The number of carbonyl (C=O) groups excluding carboxylic acids is 2. The van der Waals surface area contributed by atoms with Crippen molar-refractivity contribution >= 4 is 55.1 Å². The van der Waals surface area contributed by atoms with Crippen LogP contribution in [0.5, 0.6) is 0 Å². The molecule has 10 heteroatoms. The number of benzene rings is 4. The van der Waals surface area contributed by atoms with E-state index in [9.17, 15) is 18.0 Å². The van der Waals surface area contributed by atoms with Crippen molar-refractivity contribution in [2.24, 2.45) is 0 Å². The Kier molecular flexibility index (Phi) is 10.2. The molecule has 4 rings (SSSR count). The molecule has 0 spiro atoms. The molecule has 0 bridgehead atoms. The van der Waals surface area contributed by atoms with E-state index in [1.807, 2.05) is 30.3 Å². The van der Waals surface area contributed by atoms with Crippen LogP contribution in [-0.4, -0.2) is 44.8 Å². The summed E-state index contributed by atoms with van der Waals surface area (Å²) in [5.41, 5.74) is 1.78. The molecule has 41 heavy (non-hydrogen) atoms. The van der Waals surface area contributed by atoms with Crippen molar-refractivity contribution in [3.63, 3.8) is 0 Å². The predicted molar refractivity (Wildman–Crippen MR) is 165 cm³/mol. The number of halogens is 2. The van der Waals surface area contributed by atoms with E-state index in [2.05, 4.69) is 21.2 Å². The summed E-state index contributed by atoms with van der Waals surface area (Å²) in [7, 11) is -2.65. The van der Waals surface area contributed by atoms with Gasteiger partial charge in [-0.25, -0.2) is 8.42 Å². The van der Waals surface area contributed by atoms with E-state index < -0.39 is 28.5 Å². The molecule has 0 saturated carbocycles. The van der Waals surface area contributed by atoms with Crippen LogP contribution in [0, 0.1) is 0 Å². The topological polar surface area (TPSA) is 86.8 Å². The average Bonchev–Trinajstić information content (AvgIpc) is 2.99. The van der Waals surface area contributed by atoms with Gasteiger partial charge in [-0.3, -0.25) is 13.9 Å². The Morgan fingerprint density at radius 2 is 1.51 bits per heavy atom. The molecule has 2 amide bonds. The predicted octanol–water partition coefficient (Wildman–Crippen LogP) is 5.68. The summed E-state index contributed by atoms with van der Waals surface area (Å²) in [6.07, 6.45) is 0.221. The van der Waals surface area contributed by atoms with E-state index in [1.165, 1.54) is 24.1 Å². The van der Waals surface area contributed by atoms with Crippen LogP contribution in [0.1, 0.15) is 11.1 Å². The molecule has 4 aromatic rings. The minimum absolute atomic E-state index is 0.00113. The molecule has 0 radical (unpaired) electrons. The summed E-state index contributed by atoms with van der Waals surface area (Å²) in [4.78, 5) is 29.0. The maximum atomic E-state index is 14.2. The molecule has 212 valence electrons. The molecule has 1 N–H and O–H groups in total. The number of amides is 2. The van der Waals surface area contributed by atoms with E-state index in [4.69, 9.17) is 11.6 Å². The Morgan fingerprint density at radius 1 is 0.878 bits per heavy atom. The molecule has 0 unspecified atom stereocenters. The minimum Gasteiger partial charge on any atom is -0.357 e. The zero-order valence-corrected chi connectivity index (χ0v) is 25.4. The molecule has 0 aliphatic heterocycles. The Morgan fingerprint density at radius 3 is 2.15 bits per heavy atom. The number of nitrogens with one attached hydrogen (secondary N) is 1. The van der Waals surface area contributed by atoms with Gasteiger partial charge in [0.25, 0.3) is 10.0 Å². The lowest BCUT2D eigenvalue weighted by atomic mass is 10.0. The normalized spacial score (nSPS) is 11.9. The van der Waals surface area contributed by atoms with Crippen LogP contribution in [0.15, 0.2) is 119 Å². The monoisotopic (exact) mass is 653 g/mol. The van der Waals surface area contributed by atoms with Gasteiger partial charge in [-0.15, -0.1) is 0 Å². The maximum Gasteiger partial charge on any atom is 0.264 e. The van der Waals surface area contributed by atoms with Crippen LogP contribution < -0.4 is 9.62 Å². The van der Waals surface area contributed by atoms with E-state index >= 15 is 0 Å². The van der Waals surface area contributed by atoms with Crippen LogP contribution in [0.2, 0.25) is 5.02 Å². The lowest BCUT2D eigenvalue weighted by Gasteiger charge is -2.33. The fourth-order valence-electron chi connectivity index (χ4n) is 4.41. The van der Waals surface area contributed by atoms with Crippen molar-refractivity contribution in [2.45, 2.75) is 23.9 Å². The molecular weight excluding hydrogens is 626 g/mol. The Bertz CT molecular complexity index is 1600. The third-order valence-electron chi connectivity index (χ3n) is 6.52. The fraction of sp³-hybridized carbons (Fsp3) is 0.161. The van der Waals surface area contributed by atoms with E-state index in [-0.39, 0.29) is 23.8 Å². The molecular formula is C31H29BrClN3O4S. The molecule has 7 nitrogen and oxygen atoms in total. The number of likely N-dealkylation sites (N-methyl/N-ethyl adjacent to an activating group) is 1. The maximum absolute atomic E-state index is 14.2. The number of sulfonamides is 1. The standard InChI is InChI=1S/C31H29BrClN3O4S/c1-34-31(38)29(19-23-11-4-2-5-12-23)35(21-24-13-8-9-18-28(24)33)30(37)22-36(26-15-10-14-25(32)20-26)41(39,40)27-16-6-3-7-17-27/h2-18,20,29H,19,21-22H2,1H3,(H,34,38)/t29-/m1/s1. The van der Waals surface area contributed by atoms with Crippen LogP contribution >= 0.6 is 27.5 Å². The summed E-state index contributed by atoms with van der Waals surface area (Å²) in [6, 6.07) is 30.1. The van der Waals surface area contributed by atoms with Gasteiger partial charge in [0, 0.05) is 29.5 Å². The second kappa shape index (κ2) is 13.8. The van der Waals surface area contributed by atoms with Gasteiger partial charge in [-0.1, -0.05) is 100 Å². The van der Waals surface area contributed by atoms with Gasteiger partial charge in [-0.2, -0.15) is 0 Å². The summed E-state index contributed by atoms with van der Waals surface area (Å²) < 4.78 is 29.5. The van der Waals surface area contributed by atoms with Crippen LogP contribution in [0.4, 0.5) is 5.69 Å². The van der Waals surface area contributed by atoms with Crippen LogP contribution in [-0.2, 0) is 32.6 Å². The van der Waals surface area contributed by atoms with Gasteiger partial charge >= 0.3 is 0 Å². The lowest BCUT2D eigenvalue weighted by molar-refractivity contribution is -0.139. The molecule has 1 atom stereocenters. The van der Waals surface area contributed by atoms with Gasteiger partial charge in [0.15, 0.2) is 0 Å². The quantitative estimate of drug-likeness (QED) is 0.225. The molecule has 0 aliphatic carbocycles. The zero-order valence-electron chi connectivity index (χ0n) is 22.3. The first-order valence-electron chi connectivity index (χ1n) is 12.8. The molecule has 0 aliphatic rings. The van der Waals surface area contributed by atoms with Crippen molar-refractivity contribution in [3.8, 4) is 0 Å².